The molecular weight excluding hydrogens is 348 g/mol. The van der Waals surface area contributed by atoms with Crippen LogP contribution >= 0.6 is 0 Å². The van der Waals surface area contributed by atoms with E-state index in [1.807, 2.05) is 44.7 Å². The minimum atomic E-state index is -0.684. The number of carbonyl (C=O) groups excluding carboxylic acids is 2. The molecule has 27 heavy (non-hydrogen) atoms. The summed E-state index contributed by atoms with van der Waals surface area (Å²) in [4.78, 5) is 34.0. The molecule has 0 saturated carbocycles. The molecule has 0 radical (unpaired) electrons. The Kier molecular flexibility index (Phi) is 3.96. The second-order valence-corrected chi connectivity index (χ2v) is 8.65. The fraction of sp³-hybridized carbons (Fsp3) is 0.684. The van der Waals surface area contributed by atoms with E-state index in [4.69, 9.17) is 9.26 Å². The van der Waals surface area contributed by atoms with Crippen molar-refractivity contribution in [2.75, 3.05) is 13.6 Å². The molecule has 8 heteroatoms. The van der Waals surface area contributed by atoms with E-state index >= 15 is 0 Å². The van der Waals surface area contributed by atoms with E-state index in [1.165, 1.54) is 0 Å². The number of likely N-dealkylation sites (tertiary alicyclic amines) is 1. The third-order valence-electron chi connectivity index (χ3n) is 5.77. The number of fused-ring (bicyclic) bond motifs is 1. The van der Waals surface area contributed by atoms with Crippen LogP contribution in [0.5, 0.6) is 0 Å². The highest BCUT2D eigenvalue weighted by Crippen LogP contribution is 2.53. The van der Waals surface area contributed by atoms with Crippen LogP contribution in [0.4, 0.5) is 0 Å². The zero-order valence-electron chi connectivity index (χ0n) is 16.4. The summed E-state index contributed by atoms with van der Waals surface area (Å²) >= 11 is 0. The van der Waals surface area contributed by atoms with Gasteiger partial charge in [-0.2, -0.15) is 4.98 Å². The second-order valence-electron chi connectivity index (χ2n) is 8.65. The Morgan fingerprint density at radius 1 is 1.44 bits per heavy atom. The number of nitrogens with zero attached hydrogens (tertiary/aromatic N) is 4. The van der Waals surface area contributed by atoms with E-state index < -0.39 is 17.4 Å². The Balaban J connectivity index is 1.56. The summed E-state index contributed by atoms with van der Waals surface area (Å²) in [7, 11) is 1.70. The summed E-state index contributed by atoms with van der Waals surface area (Å²) in [6.45, 7) is 8.65. The monoisotopic (exact) mass is 374 g/mol. The van der Waals surface area contributed by atoms with Gasteiger partial charge in [0.25, 0.3) is 0 Å². The zero-order chi connectivity index (χ0) is 19.6. The predicted octanol–water partition coefficient (Wildman–Crippen LogP) is 1.17. The Bertz CT molecular complexity index is 811. The third kappa shape index (κ3) is 2.69. The fourth-order valence-electron chi connectivity index (χ4n) is 4.38. The lowest BCUT2D eigenvalue weighted by molar-refractivity contribution is -0.144. The van der Waals surface area contributed by atoms with Gasteiger partial charge < -0.3 is 19.1 Å². The average Bonchev–Trinajstić information content (AvgIpc) is 3.34. The van der Waals surface area contributed by atoms with Gasteiger partial charge in [-0.3, -0.25) is 9.59 Å². The minimum Gasteiger partial charge on any atom is -0.360 e. The second kappa shape index (κ2) is 5.89. The lowest BCUT2D eigenvalue weighted by atomic mass is 9.76. The normalized spacial score (nSPS) is 31.7. The standard InChI is InChI=1S/C19H26N4O4/c1-6-12-20-13(27-21-12)9-22(5)16(24)14-11-7-8-19(26-11)10-23(18(2,3)4)17(25)15(14)19/h7-8,11,14-15H,6,9-10H2,1-5H3/t11-,14+,15+,19-/m0/s1. The van der Waals surface area contributed by atoms with Gasteiger partial charge in [0.15, 0.2) is 5.82 Å². The molecule has 0 aliphatic carbocycles. The molecule has 2 amide bonds. The molecular formula is C19H26N4O4. The SMILES string of the molecule is CCc1noc(CN(C)C(=O)[C@@H]2[C@@H]3C=C[C@@]4(CN(C(C)(C)C)C(=O)[C@@H]24)O3)n1. The van der Waals surface area contributed by atoms with Crippen molar-refractivity contribution in [3.63, 3.8) is 0 Å². The van der Waals surface area contributed by atoms with Crippen LogP contribution in [0.25, 0.3) is 0 Å². The largest absolute Gasteiger partial charge is 0.360 e. The molecule has 1 aromatic rings. The molecule has 1 spiro atoms. The summed E-state index contributed by atoms with van der Waals surface area (Å²) in [5.74, 6) is -0.124. The first-order valence-electron chi connectivity index (χ1n) is 9.41. The molecule has 8 nitrogen and oxygen atoms in total. The topological polar surface area (TPSA) is 88.8 Å². The number of carbonyl (C=O) groups is 2. The third-order valence-corrected chi connectivity index (χ3v) is 5.77. The maximum atomic E-state index is 13.2. The maximum Gasteiger partial charge on any atom is 0.246 e. The number of ether oxygens (including phenoxy) is 1. The van der Waals surface area contributed by atoms with Gasteiger partial charge >= 0.3 is 0 Å². The first kappa shape index (κ1) is 18.2. The molecule has 0 unspecified atom stereocenters. The first-order chi connectivity index (χ1) is 12.7. The zero-order valence-corrected chi connectivity index (χ0v) is 16.4. The van der Waals surface area contributed by atoms with E-state index in [9.17, 15) is 9.59 Å². The molecule has 4 rings (SSSR count). The molecule has 0 aromatic carbocycles. The molecule has 2 fully saturated rings. The van der Waals surface area contributed by atoms with Crippen molar-refractivity contribution in [3.8, 4) is 0 Å². The number of rotatable bonds is 4. The molecule has 146 valence electrons. The molecule has 4 atom stereocenters. The number of aryl methyl sites for hydroxylation is 1. The van der Waals surface area contributed by atoms with Crippen LogP contribution in [-0.2, 0) is 27.3 Å². The van der Waals surface area contributed by atoms with E-state index in [1.54, 1.807) is 11.9 Å². The molecule has 3 aliphatic rings. The summed E-state index contributed by atoms with van der Waals surface area (Å²) < 4.78 is 11.4. The summed E-state index contributed by atoms with van der Waals surface area (Å²) in [5.41, 5.74) is -0.999. The Morgan fingerprint density at radius 3 is 2.81 bits per heavy atom. The molecule has 0 N–H and O–H groups in total. The van der Waals surface area contributed by atoms with Crippen molar-refractivity contribution in [1.29, 1.82) is 0 Å². The Morgan fingerprint density at radius 2 is 2.19 bits per heavy atom. The van der Waals surface area contributed by atoms with Gasteiger partial charge in [0.05, 0.1) is 31.0 Å². The smallest absolute Gasteiger partial charge is 0.246 e. The van der Waals surface area contributed by atoms with Crippen molar-refractivity contribution < 1.29 is 18.8 Å². The lowest BCUT2D eigenvalue weighted by Gasteiger charge is -2.34. The van der Waals surface area contributed by atoms with Crippen molar-refractivity contribution in [3.05, 3.63) is 23.9 Å². The van der Waals surface area contributed by atoms with Crippen LogP contribution in [-0.4, -0.2) is 62.6 Å². The molecule has 4 heterocycles. The van der Waals surface area contributed by atoms with E-state index in [0.717, 1.165) is 0 Å². The van der Waals surface area contributed by atoms with Gasteiger partial charge in [0.1, 0.15) is 5.60 Å². The van der Waals surface area contributed by atoms with E-state index in [-0.39, 0.29) is 30.0 Å². The first-order valence-corrected chi connectivity index (χ1v) is 9.41. The van der Waals surface area contributed by atoms with Crippen molar-refractivity contribution >= 4 is 11.8 Å². The minimum absolute atomic E-state index is 0.00726. The quantitative estimate of drug-likeness (QED) is 0.735. The summed E-state index contributed by atoms with van der Waals surface area (Å²) in [6.07, 6.45) is 4.21. The van der Waals surface area contributed by atoms with Gasteiger partial charge in [-0.05, 0) is 20.8 Å². The van der Waals surface area contributed by atoms with Crippen LogP contribution in [0.1, 0.15) is 39.4 Å². The van der Waals surface area contributed by atoms with Crippen LogP contribution in [0.15, 0.2) is 16.7 Å². The number of hydrogen-bond acceptors (Lipinski definition) is 6. The molecule has 2 bridgehead atoms. The number of amides is 2. The van der Waals surface area contributed by atoms with Gasteiger partial charge in [0, 0.05) is 19.0 Å². The van der Waals surface area contributed by atoms with Crippen molar-refractivity contribution in [1.82, 2.24) is 19.9 Å². The van der Waals surface area contributed by atoms with Gasteiger partial charge in [-0.25, -0.2) is 0 Å². The predicted molar refractivity (Wildman–Crippen MR) is 95.3 cm³/mol. The summed E-state index contributed by atoms with van der Waals surface area (Å²) in [5, 5.41) is 3.86. The van der Waals surface area contributed by atoms with Gasteiger partial charge in [-0.15, -0.1) is 0 Å². The Hall–Kier alpha value is -2.22. The molecule has 3 aliphatic heterocycles. The van der Waals surface area contributed by atoms with Crippen LogP contribution in [0.2, 0.25) is 0 Å². The highest BCUT2D eigenvalue weighted by atomic mass is 16.5. The maximum absolute atomic E-state index is 13.2. The van der Waals surface area contributed by atoms with Gasteiger partial charge in [0.2, 0.25) is 17.7 Å². The lowest BCUT2D eigenvalue weighted by Crippen LogP contribution is -2.47. The molecule has 2 saturated heterocycles. The number of hydrogen-bond donors (Lipinski definition) is 0. The Labute approximate surface area is 158 Å². The average molecular weight is 374 g/mol. The highest BCUT2D eigenvalue weighted by Gasteiger charge is 2.68. The van der Waals surface area contributed by atoms with Gasteiger partial charge in [-0.1, -0.05) is 24.2 Å². The van der Waals surface area contributed by atoms with E-state index in [0.29, 0.717) is 24.7 Å². The number of aromatic nitrogens is 2. The van der Waals surface area contributed by atoms with Crippen LogP contribution in [0, 0.1) is 11.8 Å². The van der Waals surface area contributed by atoms with Crippen molar-refractivity contribution in [2.45, 2.75) is 57.9 Å². The summed E-state index contributed by atoms with van der Waals surface area (Å²) in [6, 6.07) is 0. The fourth-order valence-corrected chi connectivity index (χ4v) is 4.38. The highest BCUT2D eigenvalue weighted by molar-refractivity contribution is 5.93. The molecule has 1 aromatic heterocycles. The van der Waals surface area contributed by atoms with Crippen LogP contribution < -0.4 is 0 Å². The van der Waals surface area contributed by atoms with Crippen LogP contribution in [0.3, 0.4) is 0 Å². The van der Waals surface area contributed by atoms with Crippen molar-refractivity contribution in [2.24, 2.45) is 11.8 Å². The van der Waals surface area contributed by atoms with E-state index in [2.05, 4.69) is 10.1 Å².